The summed E-state index contributed by atoms with van der Waals surface area (Å²) in [5.41, 5.74) is 14.5. The van der Waals surface area contributed by atoms with E-state index in [1.165, 1.54) is 55.3 Å². The van der Waals surface area contributed by atoms with Gasteiger partial charge in [0.05, 0.1) is 22.2 Å². The van der Waals surface area contributed by atoms with Crippen LogP contribution in [0.5, 0.6) is 5.75 Å². The minimum absolute atomic E-state index is 0.119. The monoisotopic (exact) mass is 691 g/mol. The van der Waals surface area contributed by atoms with Gasteiger partial charge in [0.2, 0.25) is 0 Å². The van der Waals surface area contributed by atoms with Crippen molar-refractivity contribution in [1.82, 2.24) is 14.5 Å². The highest BCUT2D eigenvalue weighted by Gasteiger charge is 2.35. The molecule has 9 aromatic rings. The number of rotatable bonds is 5. The molecule has 54 heavy (non-hydrogen) atoms. The van der Waals surface area contributed by atoms with Gasteiger partial charge in [0.25, 0.3) is 0 Å². The fourth-order valence-corrected chi connectivity index (χ4v) is 8.40. The molecule has 0 saturated heterocycles. The van der Waals surface area contributed by atoms with E-state index < -0.39 is 0 Å². The van der Waals surface area contributed by atoms with E-state index in [4.69, 9.17) is 14.7 Å². The van der Waals surface area contributed by atoms with E-state index in [1.54, 1.807) is 0 Å². The predicted octanol–water partition coefficient (Wildman–Crippen LogP) is 12.5. The minimum atomic E-state index is -0.119. The molecule has 0 fully saturated rings. The summed E-state index contributed by atoms with van der Waals surface area (Å²) >= 11 is 0. The van der Waals surface area contributed by atoms with Crippen molar-refractivity contribution in [2.75, 3.05) is 0 Å². The van der Waals surface area contributed by atoms with Crippen LogP contribution in [0.2, 0.25) is 0 Å². The topological polar surface area (TPSA) is 39.9 Å². The molecule has 3 heterocycles. The SMILES string of the molecule is C1=C2c3c(cccc3-c3nc(-c4ccc(-c5ccccc5)cc4)c4ccccc4n3)OC2CC(n2c3ccccc3c3cc(-c4ccccc4)ccc32)=C1. The Morgan fingerprint density at radius 2 is 1.15 bits per heavy atom. The molecule has 0 spiro atoms. The smallest absolute Gasteiger partial charge is 0.161 e. The number of ether oxygens (including phenoxy) is 1. The molecule has 7 aromatic carbocycles. The highest BCUT2D eigenvalue weighted by Crippen LogP contribution is 2.48. The Bertz CT molecular complexity index is 2980. The van der Waals surface area contributed by atoms with E-state index in [0.29, 0.717) is 5.82 Å². The fourth-order valence-electron chi connectivity index (χ4n) is 8.40. The summed E-state index contributed by atoms with van der Waals surface area (Å²) in [4.78, 5) is 10.4. The number of fused-ring (bicyclic) bond motifs is 7. The molecular weight excluding hydrogens is 659 g/mol. The van der Waals surface area contributed by atoms with E-state index >= 15 is 0 Å². The lowest BCUT2D eigenvalue weighted by Gasteiger charge is -2.21. The normalized spacial score (nSPS) is 14.8. The van der Waals surface area contributed by atoms with Gasteiger partial charge >= 0.3 is 0 Å². The first kappa shape index (κ1) is 30.6. The first-order valence-electron chi connectivity index (χ1n) is 18.5. The molecule has 1 aliphatic carbocycles. The van der Waals surface area contributed by atoms with Crippen LogP contribution in [0.1, 0.15) is 12.0 Å². The zero-order chi connectivity index (χ0) is 35.6. The Morgan fingerprint density at radius 3 is 1.96 bits per heavy atom. The van der Waals surface area contributed by atoms with Crippen molar-refractivity contribution in [3.8, 4) is 50.6 Å². The molecule has 0 radical (unpaired) electrons. The van der Waals surface area contributed by atoms with Gasteiger partial charge in [-0.15, -0.1) is 0 Å². The van der Waals surface area contributed by atoms with Crippen LogP contribution in [0.15, 0.2) is 182 Å². The largest absolute Gasteiger partial charge is 0.485 e. The van der Waals surface area contributed by atoms with Crippen LogP contribution in [0.25, 0.3) is 88.9 Å². The fraction of sp³-hybridized carbons (Fsp3) is 0.0400. The zero-order valence-corrected chi connectivity index (χ0v) is 29.4. The van der Waals surface area contributed by atoms with Gasteiger partial charge in [-0.05, 0) is 58.7 Å². The maximum Gasteiger partial charge on any atom is 0.161 e. The molecule has 0 N–H and O–H groups in total. The lowest BCUT2D eigenvalue weighted by Crippen LogP contribution is -2.17. The molecule has 11 rings (SSSR count). The van der Waals surface area contributed by atoms with E-state index in [0.717, 1.165) is 45.5 Å². The van der Waals surface area contributed by atoms with E-state index in [2.05, 4.69) is 174 Å². The Kier molecular flexibility index (Phi) is 6.96. The van der Waals surface area contributed by atoms with Crippen LogP contribution >= 0.6 is 0 Å². The number of allylic oxidation sites excluding steroid dienone is 2. The van der Waals surface area contributed by atoms with Gasteiger partial charge in [-0.1, -0.05) is 146 Å². The van der Waals surface area contributed by atoms with Crippen molar-refractivity contribution in [2.45, 2.75) is 12.5 Å². The van der Waals surface area contributed by atoms with Gasteiger partial charge in [-0.25, -0.2) is 9.97 Å². The number of para-hydroxylation sites is 2. The van der Waals surface area contributed by atoms with E-state index in [9.17, 15) is 0 Å². The molecule has 0 saturated carbocycles. The van der Waals surface area contributed by atoms with E-state index in [-0.39, 0.29) is 6.10 Å². The third-order valence-electron chi connectivity index (χ3n) is 11.0. The zero-order valence-electron chi connectivity index (χ0n) is 29.4. The van der Waals surface area contributed by atoms with Crippen molar-refractivity contribution in [1.29, 1.82) is 0 Å². The lowest BCUT2D eigenvalue weighted by atomic mass is 9.91. The molecule has 0 bridgehead atoms. The van der Waals surface area contributed by atoms with Gasteiger partial charge in [0, 0.05) is 50.5 Å². The molecule has 1 atom stereocenters. The summed E-state index contributed by atoms with van der Waals surface area (Å²) < 4.78 is 9.20. The highest BCUT2D eigenvalue weighted by molar-refractivity contribution is 6.11. The van der Waals surface area contributed by atoms with Gasteiger partial charge in [-0.2, -0.15) is 0 Å². The lowest BCUT2D eigenvalue weighted by molar-refractivity contribution is 0.280. The van der Waals surface area contributed by atoms with Gasteiger partial charge in [0.15, 0.2) is 5.82 Å². The molecule has 2 aromatic heterocycles. The molecule has 1 aliphatic heterocycles. The van der Waals surface area contributed by atoms with Crippen molar-refractivity contribution in [2.24, 2.45) is 0 Å². The summed E-state index contributed by atoms with van der Waals surface area (Å²) in [5, 5.41) is 3.53. The Hall–Kier alpha value is -7.04. The standard InChI is InChI=1S/C50H33N3O/c1-3-12-32(13-4-1)34-22-24-35(25-23-34)49-39-17-7-9-19-43(39)51-50(52-49)41-18-11-21-46-48(41)40-28-27-37(31-47(40)54-46)53-44-20-10-8-16-38(44)42-30-36(26-29-45(42)53)33-14-5-2-6-15-33/h1-30,47H,31H2. The number of benzene rings is 7. The predicted molar refractivity (Wildman–Crippen MR) is 222 cm³/mol. The number of hydrogen-bond donors (Lipinski definition) is 0. The number of aromatic nitrogens is 3. The molecule has 0 amide bonds. The summed E-state index contributed by atoms with van der Waals surface area (Å²) in [6.45, 7) is 0. The van der Waals surface area contributed by atoms with Crippen molar-refractivity contribution in [3.63, 3.8) is 0 Å². The second kappa shape index (κ2) is 12.3. The van der Waals surface area contributed by atoms with Crippen LogP contribution in [-0.4, -0.2) is 20.6 Å². The van der Waals surface area contributed by atoms with Gasteiger partial charge in [-0.3, -0.25) is 0 Å². The highest BCUT2D eigenvalue weighted by atomic mass is 16.5. The maximum absolute atomic E-state index is 6.78. The van der Waals surface area contributed by atoms with Crippen LogP contribution < -0.4 is 4.74 Å². The average molecular weight is 692 g/mol. The number of nitrogens with zero attached hydrogens (tertiary/aromatic N) is 3. The molecule has 2 aliphatic rings. The third kappa shape index (κ3) is 4.91. The molecule has 1 unspecified atom stereocenters. The van der Waals surface area contributed by atoms with Crippen molar-refractivity contribution in [3.05, 3.63) is 188 Å². The molecule has 254 valence electrons. The Labute approximate surface area is 313 Å². The van der Waals surface area contributed by atoms with Crippen LogP contribution in [0.4, 0.5) is 0 Å². The molecular formula is C50H33N3O. The van der Waals surface area contributed by atoms with Crippen molar-refractivity contribution >= 4 is 44.0 Å². The molecule has 4 heteroatoms. The second-order valence-electron chi connectivity index (χ2n) is 14.1. The average Bonchev–Trinajstić information content (AvgIpc) is 3.79. The summed E-state index contributed by atoms with van der Waals surface area (Å²) in [6.07, 6.45) is 5.15. The summed E-state index contributed by atoms with van der Waals surface area (Å²) in [6, 6.07) is 59.9. The summed E-state index contributed by atoms with van der Waals surface area (Å²) in [5.74, 6) is 1.57. The first-order valence-corrected chi connectivity index (χ1v) is 18.5. The minimum Gasteiger partial charge on any atom is -0.485 e. The Morgan fingerprint density at radius 1 is 0.500 bits per heavy atom. The maximum atomic E-state index is 6.78. The number of hydrogen-bond acceptors (Lipinski definition) is 3. The van der Waals surface area contributed by atoms with Gasteiger partial charge in [0.1, 0.15) is 11.9 Å². The molecule has 4 nitrogen and oxygen atoms in total. The second-order valence-corrected chi connectivity index (χ2v) is 14.1. The summed E-state index contributed by atoms with van der Waals surface area (Å²) in [7, 11) is 0. The third-order valence-corrected chi connectivity index (χ3v) is 11.0. The van der Waals surface area contributed by atoms with Crippen molar-refractivity contribution < 1.29 is 4.74 Å². The van der Waals surface area contributed by atoms with E-state index in [1.807, 2.05) is 12.1 Å². The Balaban J connectivity index is 1.01. The van der Waals surface area contributed by atoms with Crippen LogP contribution in [0.3, 0.4) is 0 Å². The first-order chi connectivity index (χ1) is 26.8. The van der Waals surface area contributed by atoms with Crippen LogP contribution in [0, 0.1) is 0 Å². The van der Waals surface area contributed by atoms with Gasteiger partial charge < -0.3 is 9.30 Å². The quantitative estimate of drug-likeness (QED) is 0.180. The van der Waals surface area contributed by atoms with Crippen LogP contribution in [-0.2, 0) is 0 Å².